The first kappa shape index (κ1) is 13.1. The van der Waals surface area contributed by atoms with E-state index in [1.54, 1.807) is 6.07 Å². The number of ether oxygens (including phenoxy) is 1. The summed E-state index contributed by atoms with van der Waals surface area (Å²) in [7, 11) is 0. The lowest BCUT2D eigenvalue weighted by Crippen LogP contribution is -2.12. The molecule has 0 unspecified atom stereocenters. The number of hydrogen-bond acceptors (Lipinski definition) is 2. The van der Waals surface area contributed by atoms with Gasteiger partial charge in [-0.25, -0.2) is 4.39 Å². The number of aryl methyl sites for hydroxylation is 1. The van der Waals surface area contributed by atoms with Crippen LogP contribution in [-0.4, -0.2) is 5.91 Å². The van der Waals surface area contributed by atoms with E-state index in [0.717, 1.165) is 5.56 Å². The molecule has 3 nitrogen and oxygen atoms in total. The van der Waals surface area contributed by atoms with Crippen molar-refractivity contribution in [1.82, 2.24) is 0 Å². The van der Waals surface area contributed by atoms with Gasteiger partial charge in [-0.2, -0.15) is 0 Å². The predicted molar refractivity (Wildman–Crippen MR) is 70.4 cm³/mol. The molecule has 0 saturated heterocycles. The van der Waals surface area contributed by atoms with Crippen LogP contribution in [0.4, 0.5) is 4.39 Å². The summed E-state index contributed by atoms with van der Waals surface area (Å²) in [6.07, 6.45) is 0. The lowest BCUT2D eigenvalue weighted by molar-refractivity contribution is 0.1000. The van der Waals surface area contributed by atoms with E-state index in [4.69, 9.17) is 10.5 Å². The molecule has 0 aliphatic carbocycles. The monoisotopic (exact) mass is 259 g/mol. The number of nitrogens with two attached hydrogens (primary N) is 1. The number of benzene rings is 2. The van der Waals surface area contributed by atoms with Gasteiger partial charge in [0, 0.05) is 11.1 Å². The zero-order valence-corrected chi connectivity index (χ0v) is 10.5. The fourth-order valence-corrected chi connectivity index (χ4v) is 1.70. The molecule has 19 heavy (non-hydrogen) atoms. The molecule has 0 saturated carbocycles. The summed E-state index contributed by atoms with van der Waals surface area (Å²) in [6, 6.07) is 11.4. The minimum absolute atomic E-state index is 0.0520. The maximum atomic E-state index is 13.6. The first-order valence-corrected chi connectivity index (χ1v) is 5.84. The molecule has 2 N–H and O–H groups in total. The Morgan fingerprint density at radius 3 is 2.74 bits per heavy atom. The van der Waals surface area contributed by atoms with Crippen LogP contribution < -0.4 is 10.5 Å². The number of carbonyl (C=O) groups excluding carboxylic acids is 1. The van der Waals surface area contributed by atoms with Gasteiger partial charge in [-0.05, 0) is 42.8 Å². The molecule has 4 heteroatoms. The highest BCUT2D eigenvalue weighted by Gasteiger charge is 2.08. The van der Waals surface area contributed by atoms with E-state index in [1.165, 1.54) is 18.2 Å². The van der Waals surface area contributed by atoms with E-state index in [2.05, 4.69) is 0 Å². The summed E-state index contributed by atoms with van der Waals surface area (Å²) in [5.74, 6) is -0.349. The molecule has 0 bridgehead atoms. The SMILES string of the molecule is Cc1cccc(OCc2cc(C(N)=O)ccc2F)c1. The molecule has 2 aromatic carbocycles. The van der Waals surface area contributed by atoms with Crippen LogP contribution >= 0.6 is 0 Å². The van der Waals surface area contributed by atoms with E-state index < -0.39 is 11.7 Å². The van der Waals surface area contributed by atoms with Crippen molar-refractivity contribution in [3.05, 3.63) is 65.0 Å². The maximum Gasteiger partial charge on any atom is 0.248 e. The van der Waals surface area contributed by atoms with Crippen molar-refractivity contribution < 1.29 is 13.9 Å². The van der Waals surface area contributed by atoms with Crippen molar-refractivity contribution in [3.8, 4) is 5.75 Å². The van der Waals surface area contributed by atoms with E-state index in [9.17, 15) is 9.18 Å². The van der Waals surface area contributed by atoms with Gasteiger partial charge in [0.15, 0.2) is 0 Å². The molecular formula is C15H14FNO2. The van der Waals surface area contributed by atoms with Gasteiger partial charge in [-0.15, -0.1) is 0 Å². The molecule has 0 aromatic heterocycles. The Labute approximate surface area is 110 Å². The van der Waals surface area contributed by atoms with Gasteiger partial charge in [0.05, 0.1) is 0 Å². The van der Waals surface area contributed by atoms with Gasteiger partial charge in [0.2, 0.25) is 5.91 Å². The summed E-state index contributed by atoms with van der Waals surface area (Å²) >= 11 is 0. The van der Waals surface area contributed by atoms with Gasteiger partial charge < -0.3 is 10.5 Å². The third-order valence-electron chi connectivity index (χ3n) is 2.71. The van der Waals surface area contributed by atoms with Crippen LogP contribution in [-0.2, 0) is 6.61 Å². The Morgan fingerprint density at radius 1 is 1.26 bits per heavy atom. The average Bonchev–Trinajstić information content (AvgIpc) is 2.37. The summed E-state index contributed by atoms with van der Waals surface area (Å²) in [5.41, 5.74) is 6.79. The minimum Gasteiger partial charge on any atom is -0.489 e. The van der Waals surface area contributed by atoms with Crippen molar-refractivity contribution in [2.75, 3.05) is 0 Å². The Bertz CT molecular complexity index is 611. The quantitative estimate of drug-likeness (QED) is 0.917. The van der Waals surface area contributed by atoms with Crippen LogP contribution in [0.2, 0.25) is 0 Å². The van der Waals surface area contributed by atoms with Crippen LogP contribution in [0.15, 0.2) is 42.5 Å². The highest BCUT2D eigenvalue weighted by Crippen LogP contribution is 2.17. The molecule has 2 aromatic rings. The van der Waals surface area contributed by atoms with Gasteiger partial charge in [0.1, 0.15) is 18.2 Å². The van der Waals surface area contributed by atoms with Crippen molar-refractivity contribution in [3.63, 3.8) is 0 Å². The number of primary amides is 1. The molecule has 0 spiro atoms. The second kappa shape index (κ2) is 5.52. The van der Waals surface area contributed by atoms with Crippen molar-refractivity contribution in [2.24, 2.45) is 5.73 Å². The molecular weight excluding hydrogens is 245 g/mol. The van der Waals surface area contributed by atoms with Crippen LogP contribution in [0.1, 0.15) is 21.5 Å². The van der Waals surface area contributed by atoms with Gasteiger partial charge in [-0.3, -0.25) is 4.79 Å². The fourth-order valence-electron chi connectivity index (χ4n) is 1.70. The highest BCUT2D eigenvalue weighted by atomic mass is 19.1. The molecule has 0 heterocycles. The topological polar surface area (TPSA) is 52.3 Å². The highest BCUT2D eigenvalue weighted by molar-refractivity contribution is 5.92. The molecule has 0 radical (unpaired) electrons. The third kappa shape index (κ3) is 3.31. The third-order valence-corrected chi connectivity index (χ3v) is 2.71. The van der Waals surface area contributed by atoms with Crippen LogP contribution in [0, 0.1) is 12.7 Å². The van der Waals surface area contributed by atoms with Crippen LogP contribution in [0.25, 0.3) is 0 Å². The molecule has 0 aliphatic rings. The fraction of sp³-hybridized carbons (Fsp3) is 0.133. The summed E-state index contributed by atoms with van der Waals surface area (Å²) < 4.78 is 19.1. The number of halogens is 1. The number of hydrogen-bond donors (Lipinski definition) is 1. The van der Waals surface area contributed by atoms with Crippen LogP contribution in [0.3, 0.4) is 0 Å². The number of amides is 1. The second-order valence-electron chi connectivity index (χ2n) is 4.28. The number of carbonyl (C=O) groups is 1. The second-order valence-corrected chi connectivity index (χ2v) is 4.28. The molecule has 0 fully saturated rings. The van der Waals surface area contributed by atoms with E-state index in [-0.39, 0.29) is 12.2 Å². The first-order valence-electron chi connectivity index (χ1n) is 5.84. The summed E-state index contributed by atoms with van der Waals surface area (Å²) in [4.78, 5) is 11.0. The average molecular weight is 259 g/mol. The van der Waals surface area contributed by atoms with Gasteiger partial charge in [-0.1, -0.05) is 12.1 Å². The van der Waals surface area contributed by atoms with E-state index >= 15 is 0 Å². The summed E-state index contributed by atoms with van der Waals surface area (Å²) in [6.45, 7) is 2.00. The smallest absolute Gasteiger partial charge is 0.248 e. The maximum absolute atomic E-state index is 13.6. The van der Waals surface area contributed by atoms with Crippen molar-refractivity contribution in [1.29, 1.82) is 0 Å². The minimum atomic E-state index is -0.586. The molecule has 0 atom stereocenters. The Kier molecular flexibility index (Phi) is 3.80. The zero-order valence-electron chi connectivity index (χ0n) is 10.5. The van der Waals surface area contributed by atoms with Crippen LogP contribution in [0.5, 0.6) is 5.75 Å². The van der Waals surface area contributed by atoms with Crippen molar-refractivity contribution >= 4 is 5.91 Å². The lowest BCUT2D eigenvalue weighted by Gasteiger charge is -2.08. The summed E-state index contributed by atoms with van der Waals surface area (Å²) in [5, 5.41) is 0. The lowest BCUT2D eigenvalue weighted by atomic mass is 10.1. The van der Waals surface area contributed by atoms with E-state index in [0.29, 0.717) is 11.3 Å². The molecule has 98 valence electrons. The standard InChI is InChI=1S/C15H14FNO2/c1-10-3-2-4-13(7-10)19-9-12-8-11(15(17)18)5-6-14(12)16/h2-8H,9H2,1H3,(H2,17,18). The Morgan fingerprint density at radius 2 is 2.05 bits per heavy atom. The van der Waals surface area contributed by atoms with Gasteiger partial charge in [0.25, 0.3) is 0 Å². The Hall–Kier alpha value is -2.36. The zero-order chi connectivity index (χ0) is 13.8. The predicted octanol–water partition coefficient (Wildman–Crippen LogP) is 2.81. The van der Waals surface area contributed by atoms with Crippen molar-refractivity contribution in [2.45, 2.75) is 13.5 Å². The first-order chi connectivity index (χ1) is 9.06. The number of rotatable bonds is 4. The van der Waals surface area contributed by atoms with Gasteiger partial charge >= 0.3 is 0 Å². The van der Waals surface area contributed by atoms with E-state index in [1.807, 2.05) is 25.1 Å². The molecule has 1 amide bonds. The largest absolute Gasteiger partial charge is 0.489 e. The normalized spacial score (nSPS) is 10.2. The molecule has 0 aliphatic heterocycles. The molecule has 2 rings (SSSR count). The Balaban J connectivity index is 2.15.